The first-order chi connectivity index (χ1) is 12.2. The van der Waals surface area contributed by atoms with Gasteiger partial charge in [0.25, 0.3) is 0 Å². The molecule has 0 amide bonds. The quantitative estimate of drug-likeness (QED) is 0.567. The van der Waals surface area contributed by atoms with Crippen molar-refractivity contribution in [1.82, 2.24) is 19.8 Å². The maximum atomic E-state index is 8.89. The Bertz CT molecular complexity index is 1040. The monoisotopic (exact) mass is 346 g/mol. The molecule has 0 fully saturated rings. The van der Waals surface area contributed by atoms with Crippen LogP contribution in [0.1, 0.15) is 11.1 Å². The SMILES string of the molecule is CN(Cc1ccc(C#N)cc1)c1ccc2nnc(-c3ccsc3)n2n1. The van der Waals surface area contributed by atoms with E-state index in [1.807, 2.05) is 60.3 Å². The number of fused-ring (bicyclic) bond motifs is 1. The fourth-order valence-electron chi connectivity index (χ4n) is 2.59. The molecule has 7 heteroatoms. The molecule has 0 aliphatic rings. The fourth-order valence-corrected chi connectivity index (χ4v) is 3.23. The van der Waals surface area contributed by atoms with Crippen molar-refractivity contribution in [2.24, 2.45) is 0 Å². The molecule has 0 radical (unpaired) electrons. The van der Waals surface area contributed by atoms with Crippen LogP contribution in [0, 0.1) is 11.3 Å². The molecule has 0 bridgehead atoms. The van der Waals surface area contributed by atoms with Crippen LogP contribution in [0.4, 0.5) is 5.82 Å². The average molecular weight is 346 g/mol. The van der Waals surface area contributed by atoms with Crippen molar-refractivity contribution in [3.05, 3.63) is 64.4 Å². The molecule has 0 spiro atoms. The van der Waals surface area contributed by atoms with Crippen molar-refractivity contribution >= 4 is 22.8 Å². The maximum Gasteiger partial charge on any atom is 0.186 e. The van der Waals surface area contributed by atoms with E-state index in [2.05, 4.69) is 21.2 Å². The van der Waals surface area contributed by atoms with Crippen molar-refractivity contribution in [3.63, 3.8) is 0 Å². The van der Waals surface area contributed by atoms with Gasteiger partial charge in [0.05, 0.1) is 11.6 Å². The first-order valence-corrected chi connectivity index (χ1v) is 8.64. The van der Waals surface area contributed by atoms with Crippen molar-refractivity contribution in [2.45, 2.75) is 6.54 Å². The summed E-state index contributed by atoms with van der Waals surface area (Å²) >= 11 is 1.62. The number of thiophene rings is 1. The van der Waals surface area contributed by atoms with Crippen LogP contribution < -0.4 is 4.90 Å². The molecule has 0 saturated carbocycles. The van der Waals surface area contributed by atoms with Gasteiger partial charge in [-0.05, 0) is 41.3 Å². The minimum Gasteiger partial charge on any atom is -0.354 e. The summed E-state index contributed by atoms with van der Waals surface area (Å²) in [6.45, 7) is 0.695. The molecule has 0 aliphatic carbocycles. The van der Waals surface area contributed by atoms with Gasteiger partial charge in [-0.2, -0.15) is 21.1 Å². The maximum absolute atomic E-state index is 8.89. The lowest BCUT2D eigenvalue weighted by atomic mass is 10.1. The zero-order chi connectivity index (χ0) is 17.2. The minimum atomic E-state index is 0.663. The van der Waals surface area contributed by atoms with E-state index in [9.17, 15) is 0 Å². The standard InChI is InChI=1S/C18H14N6S/c1-23(11-14-4-2-13(10-19)3-5-14)17-7-6-16-20-21-18(24(16)22-17)15-8-9-25-12-15/h2-9,12H,11H2,1H3. The van der Waals surface area contributed by atoms with E-state index in [1.165, 1.54) is 0 Å². The number of nitrogens with zero attached hydrogens (tertiary/aromatic N) is 6. The number of hydrogen-bond acceptors (Lipinski definition) is 6. The average Bonchev–Trinajstić information content (AvgIpc) is 3.31. The van der Waals surface area contributed by atoms with E-state index < -0.39 is 0 Å². The molecule has 0 N–H and O–H groups in total. The Morgan fingerprint density at radius 3 is 2.68 bits per heavy atom. The number of nitriles is 1. The Morgan fingerprint density at radius 2 is 1.96 bits per heavy atom. The van der Waals surface area contributed by atoms with E-state index in [-0.39, 0.29) is 0 Å². The van der Waals surface area contributed by atoms with Gasteiger partial charge < -0.3 is 4.90 Å². The second-order valence-electron chi connectivity index (χ2n) is 5.66. The zero-order valence-corrected chi connectivity index (χ0v) is 14.3. The molecule has 6 nitrogen and oxygen atoms in total. The topological polar surface area (TPSA) is 70.1 Å². The Hall–Kier alpha value is -3.24. The third-order valence-electron chi connectivity index (χ3n) is 3.92. The molecule has 1 aromatic carbocycles. The molecule has 0 atom stereocenters. The molecule has 0 aliphatic heterocycles. The minimum absolute atomic E-state index is 0.663. The lowest BCUT2D eigenvalue weighted by Gasteiger charge is -2.18. The first kappa shape index (κ1) is 15.3. The van der Waals surface area contributed by atoms with Crippen LogP contribution in [-0.2, 0) is 6.54 Å². The molecule has 3 aromatic heterocycles. The summed E-state index contributed by atoms with van der Waals surface area (Å²) in [6, 6.07) is 15.6. The summed E-state index contributed by atoms with van der Waals surface area (Å²) in [5.74, 6) is 1.57. The summed E-state index contributed by atoms with van der Waals surface area (Å²) in [6.07, 6.45) is 0. The van der Waals surface area contributed by atoms with E-state index in [0.717, 1.165) is 28.4 Å². The zero-order valence-electron chi connectivity index (χ0n) is 13.5. The summed E-state index contributed by atoms with van der Waals surface area (Å²) in [4.78, 5) is 2.05. The number of anilines is 1. The third kappa shape index (κ3) is 2.95. The van der Waals surface area contributed by atoms with Crippen LogP contribution >= 0.6 is 11.3 Å². The van der Waals surface area contributed by atoms with Gasteiger partial charge >= 0.3 is 0 Å². The molecule has 0 saturated heterocycles. The summed E-state index contributed by atoms with van der Waals surface area (Å²) in [5, 5.41) is 26.1. The lowest BCUT2D eigenvalue weighted by Crippen LogP contribution is -2.18. The van der Waals surface area contributed by atoms with E-state index in [1.54, 1.807) is 15.9 Å². The second-order valence-corrected chi connectivity index (χ2v) is 6.44. The smallest absolute Gasteiger partial charge is 0.186 e. The van der Waals surface area contributed by atoms with Crippen LogP contribution in [0.3, 0.4) is 0 Å². The highest BCUT2D eigenvalue weighted by molar-refractivity contribution is 7.08. The molecule has 25 heavy (non-hydrogen) atoms. The Morgan fingerprint density at radius 1 is 1.12 bits per heavy atom. The van der Waals surface area contributed by atoms with E-state index >= 15 is 0 Å². The third-order valence-corrected chi connectivity index (χ3v) is 4.61. The van der Waals surface area contributed by atoms with Crippen LogP contribution in [0.2, 0.25) is 0 Å². The number of rotatable bonds is 4. The Kier molecular flexibility index (Phi) is 3.88. The molecular formula is C18H14N6S. The fraction of sp³-hybridized carbons (Fsp3) is 0.111. The number of benzene rings is 1. The van der Waals surface area contributed by atoms with Gasteiger partial charge in [-0.1, -0.05) is 12.1 Å². The normalized spacial score (nSPS) is 10.7. The predicted molar refractivity (Wildman–Crippen MR) is 97.4 cm³/mol. The molecule has 122 valence electrons. The lowest BCUT2D eigenvalue weighted by molar-refractivity contribution is 0.842. The first-order valence-electron chi connectivity index (χ1n) is 7.70. The van der Waals surface area contributed by atoms with Crippen LogP contribution in [-0.4, -0.2) is 26.9 Å². The van der Waals surface area contributed by atoms with E-state index in [4.69, 9.17) is 10.4 Å². The van der Waals surface area contributed by atoms with Crippen molar-refractivity contribution in [3.8, 4) is 17.5 Å². The second kappa shape index (κ2) is 6.34. The molecule has 0 unspecified atom stereocenters. The molecule has 3 heterocycles. The van der Waals surface area contributed by atoms with Crippen molar-refractivity contribution < 1.29 is 0 Å². The Labute approximate surface area is 148 Å². The largest absolute Gasteiger partial charge is 0.354 e. The highest BCUT2D eigenvalue weighted by Gasteiger charge is 2.12. The summed E-state index contributed by atoms with van der Waals surface area (Å²) < 4.78 is 1.77. The van der Waals surface area contributed by atoms with Crippen molar-refractivity contribution in [2.75, 3.05) is 11.9 Å². The van der Waals surface area contributed by atoms with Gasteiger partial charge in [0.15, 0.2) is 11.5 Å². The van der Waals surface area contributed by atoms with Gasteiger partial charge in [-0.3, -0.25) is 0 Å². The summed E-state index contributed by atoms with van der Waals surface area (Å²) in [7, 11) is 1.99. The molecule has 4 aromatic rings. The van der Waals surface area contributed by atoms with Gasteiger partial charge in [-0.15, -0.1) is 15.3 Å². The van der Waals surface area contributed by atoms with Crippen LogP contribution in [0.25, 0.3) is 17.0 Å². The van der Waals surface area contributed by atoms with E-state index in [0.29, 0.717) is 12.1 Å². The van der Waals surface area contributed by atoms with Gasteiger partial charge in [-0.25, -0.2) is 0 Å². The molecular weight excluding hydrogens is 332 g/mol. The number of hydrogen-bond donors (Lipinski definition) is 0. The Balaban J connectivity index is 1.64. The highest BCUT2D eigenvalue weighted by atomic mass is 32.1. The summed E-state index contributed by atoms with van der Waals surface area (Å²) in [5.41, 5.74) is 3.51. The predicted octanol–water partition coefficient (Wildman–Crippen LogP) is 3.36. The van der Waals surface area contributed by atoms with Crippen molar-refractivity contribution in [1.29, 1.82) is 5.26 Å². The number of aromatic nitrogens is 4. The van der Waals surface area contributed by atoms with Crippen LogP contribution in [0.5, 0.6) is 0 Å². The van der Waals surface area contributed by atoms with Gasteiger partial charge in [0, 0.05) is 24.5 Å². The molecule has 4 rings (SSSR count). The van der Waals surface area contributed by atoms with Crippen LogP contribution in [0.15, 0.2) is 53.2 Å². The van der Waals surface area contributed by atoms with Gasteiger partial charge in [0.2, 0.25) is 0 Å². The van der Waals surface area contributed by atoms with Gasteiger partial charge in [0.1, 0.15) is 5.82 Å². The highest BCUT2D eigenvalue weighted by Crippen LogP contribution is 2.22.